The van der Waals surface area contributed by atoms with Crippen LogP contribution in [0.2, 0.25) is 0 Å². The summed E-state index contributed by atoms with van der Waals surface area (Å²) in [6.07, 6.45) is 0. The molecule has 4 rings (SSSR count). The average Bonchev–Trinajstić information content (AvgIpc) is 2.93. The van der Waals surface area contributed by atoms with Gasteiger partial charge in [-0.2, -0.15) is 0 Å². The van der Waals surface area contributed by atoms with Gasteiger partial charge in [-0.15, -0.1) is 0 Å². The third-order valence-corrected chi connectivity index (χ3v) is 5.44. The minimum absolute atomic E-state index is 0.322. The zero-order chi connectivity index (χ0) is 25.9. The Morgan fingerprint density at radius 2 is 1.30 bits per heavy atom. The lowest BCUT2D eigenvalue weighted by molar-refractivity contribution is 0.102. The highest BCUT2D eigenvalue weighted by atomic mass is 16.5. The van der Waals surface area contributed by atoms with Crippen molar-refractivity contribution < 1.29 is 19.1 Å². The Kier molecular flexibility index (Phi) is 8.88. The van der Waals surface area contributed by atoms with Crippen LogP contribution >= 0.6 is 0 Å². The van der Waals surface area contributed by atoms with Crippen LogP contribution in [0, 0.1) is 0 Å². The van der Waals surface area contributed by atoms with Gasteiger partial charge in [-0.05, 0) is 79.7 Å². The van der Waals surface area contributed by atoms with Gasteiger partial charge in [-0.25, -0.2) is 0 Å². The summed E-state index contributed by atoms with van der Waals surface area (Å²) in [7, 11) is 0. The van der Waals surface area contributed by atoms with Gasteiger partial charge in [0.25, 0.3) is 11.8 Å². The molecule has 37 heavy (non-hydrogen) atoms. The Labute approximate surface area is 216 Å². The second-order valence-corrected chi connectivity index (χ2v) is 8.09. The van der Waals surface area contributed by atoms with Crippen LogP contribution in [-0.4, -0.2) is 31.6 Å². The predicted octanol–water partition coefficient (Wildman–Crippen LogP) is 6.35. The van der Waals surface area contributed by atoms with Gasteiger partial charge in [-0.3, -0.25) is 9.59 Å². The zero-order valence-electron chi connectivity index (χ0n) is 20.6. The van der Waals surface area contributed by atoms with Crippen LogP contribution < -0.4 is 20.7 Å². The molecule has 0 bridgehead atoms. The van der Waals surface area contributed by atoms with Crippen molar-refractivity contribution in [2.24, 2.45) is 0 Å². The van der Waals surface area contributed by atoms with E-state index in [1.54, 1.807) is 48.5 Å². The Morgan fingerprint density at radius 3 is 2.03 bits per heavy atom. The van der Waals surface area contributed by atoms with Crippen LogP contribution in [0.15, 0.2) is 103 Å². The van der Waals surface area contributed by atoms with Gasteiger partial charge in [0, 0.05) is 29.2 Å². The first kappa shape index (κ1) is 25.5. The number of hydrogen-bond acceptors (Lipinski definition) is 5. The van der Waals surface area contributed by atoms with Crippen molar-refractivity contribution in [1.29, 1.82) is 0 Å². The van der Waals surface area contributed by atoms with Crippen molar-refractivity contribution in [3.05, 3.63) is 114 Å². The first-order valence-electron chi connectivity index (χ1n) is 12.1. The van der Waals surface area contributed by atoms with Crippen LogP contribution in [0.3, 0.4) is 0 Å². The molecule has 4 aromatic carbocycles. The minimum atomic E-state index is -0.322. The number of amides is 2. The lowest BCUT2D eigenvalue weighted by Crippen LogP contribution is -2.18. The van der Waals surface area contributed by atoms with E-state index in [-0.39, 0.29) is 11.8 Å². The lowest BCUT2D eigenvalue weighted by Gasteiger charge is -2.13. The number of para-hydroxylation sites is 2. The summed E-state index contributed by atoms with van der Waals surface area (Å²) in [6.45, 7) is 3.51. The monoisotopic (exact) mass is 495 g/mol. The normalized spacial score (nSPS) is 10.4. The molecule has 0 spiro atoms. The maximum Gasteiger partial charge on any atom is 0.257 e. The van der Waals surface area contributed by atoms with E-state index in [2.05, 4.69) is 16.0 Å². The Morgan fingerprint density at radius 1 is 0.649 bits per heavy atom. The summed E-state index contributed by atoms with van der Waals surface area (Å²) < 4.78 is 10.8. The van der Waals surface area contributed by atoms with Gasteiger partial charge in [-0.1, -0.05) is 30.3 Å². The molecule has 0 radical (unpaired) electrons. The molecule has 4 aromatic rings. The molecule has 0 fully saturated rings. The number of nitrogens with one attached hydrogen (secondary N) is 3. The molecular formula is C30H29N3O4. The molecule has 188 valence electrons. The predicted molar refractivity (Wildman–Crippen MR) is 147 cm³/mol. The summed E-state index contributed by atoms with van der Waals surface area (Å²) >= 11 is 0. The standard InChI is InChI=1S/C30H29N3O4/c1-2-36-20-21-37-26-18-12-22(13-19-26)29(34)33-28-11-7-6-10-27(28)30(35)32-25-16-14-24(15-17-25)31-23-8-4-3-5-9-23/h3-19,31H,2,20-21H2,1H3,(H,32,35)(H,33,34). The lowest BCUT2D eigenvalue weighted by atomic mass is 10.1. The van der Waals surface area contributed by atoms with E-state index in [9.17, 15) is 9.59 Å². The molecule has 0 aromatic heterocycles. The maximum atomic E-state index is 13.0. The van der Waals surface area contributed by atoms with Gasteiger partial charge >= 0.3 is 0 Å². The second kappa shape index (κ2) is 12.9. The molecule has 0 aliphatic rings. The van der Waals surface area contributed by atoms with E-state index in [1.807, 2.05) is 61.5 Å². The van der Waals surface area contributed by atoms with Crippen molar-refractivity contribution >= 4 is 34.6 Å². The van der Waals surface area contributed by atoms with Gasteiger partial charge < -0.3 is 25.4 Å². The SMILES string of the molecule is CCOCCOc1ccc(C(=O)Nc2ccccc2C(=O)Nc2ccc(Nc3ccccc3)cc2)cc1. The molecule has 3 N–H and O–H groups in total. The maximum absolute atomic E-state index is 13.0. The number of hydrogen-bond donors (Lipinski definition) is 3. The summed E-state index contributed by atoms with van der Waals surface area (Å²) in [5.41, 5.74) is 3.76. The van der Waals surface area contributed by atoms with E-state index in [0.29, 0.717) is 48.1 Å². The number of carbonyl (C=O) groups is 2. The summed E-state index contributed by atoms with van der Waals surface area (Å²) in [6, 6.07) is 31.0. The molecule has 0 atom stereocenters. The molecule has 7 nitrogen and oxygen atoms in total. The fourth-order valence-electron chi connectivity index (χ4n) is 3.57. The topological polar surface area (TPSA) is 88.7 Å². The number of ether oxygens (including phenoxy) is 2. The Balaban J connectivity index is 1.37. The average molecular weight is 496 g/mol. The number of carbonyl (C=O) groups excluding carboxylic acids is 2. The first-order valence-corrected chi connectivity index (χ1v) is 12.1. The Hall–Kier alpha value is -4.62. The van der Waals surface area contributed by atoms with Crippen LogP contribution in [0.5, 0.6) is 5.75 Å². The van der Waals surface area contributed by atoms with Gasteiger partial charge in [0.1, 0.15) is 12.4 Å². The summed E-state index contributed by atoms with van der Waals surface area (Å²) in [5, 5.41) is 9.04. The molecule has 0 aliphatic carbocycles. The number of anilines is 4. The molecule has 0 aliphatic heterocycles. The third-order valence-electron chi connectivity index (χ3n) is 5.44. The fraction of sp³-hybridized carbons (Fsp3) is 0.133. The molecule has 0 heterocycles. The molecular weight excluding hydrogens is 466 g/mol. The minimum Gasteiger partial charge on any atom is -0.491 e. The van der Waals surface area contributed by atoms with E-state index < -0.39 is 0 Å². The number of rotatable bonds is 11. The molecule has 7 heteroatoms. The van der Waals surface area contributed by atoms with Crippen molar-refractivity contribution in [3.8, 4) is 5.75 Å². The molecule has 0 saturated carbocycles. The van der Waals surface area contributed by atoms with Crippen LogP contribution in [-0.2, 0) is 4.74 Å². The van der Waals surface area contributed by atoms with Crippen molar-refractivity contribution in [2.75, 3.05) is 35.8 Å². The third kappa shape index (κ3) is 7.43. The van der Waals surface area contributed by atoms with Crippen LogP contribution in [0.25, 0.3) is 0 Å². The Bertz CT molecular complexity index is 1310. The number of benzene rings is 4. The van der Waals surface area contributed by atoms with E-state index >= 15 is 0 Å². The fourth-order valence-corrected chi connectivity index (χ4v) is 3.57. The highest BCUT2D eigenvalue weighted by molar-refractivity contribution is 6.12. The smallest absolute Gasteiger partial charge is 0.257 e. The summed E-state index contributed by atoms with van der Waals surface area (Å²) in [5.74, 6) is 0.0104. The van der Waals surface area contributed by atoms with E-state index in [0.717, 1.165) is 11.4 Å². The second-order valence-electron chi connectivity index (χ2n) is 8.09. The zero-order valence-corrected chi connectivity index (χ0v) is 20.6. The van der Waals surface area contributed by atoms with Crippen molar-refractivity contribution in [3.63, 3.8) is 0 Å². The molecule has 2 amide bonds. The van der Waals surface area contributed by atoms with Gasteiger partial charge in [0.2, 0.25) is 0 Å². The quantitative estimate of drug-likeness (QED) is 0.211. The molecule has 0 saturated heterocycles. The molecule has 0 unspecified atom stereocenters. The highest BCUT2D eigenvalue weighted by Gasteiger charge is 2.14. The van der Waals surface area contributed by atoms with E-state index in [1.165, 1.54) is 0 Å². The van der Waals surface area contributed by atoms with Gasteiger partial charge in [0.15, 0.2) is 0 Å². The van der Waals surface area contributed by atoms with E-state index in [4.69, 9.17) is 9.47 Å². The van der Waals surface area contributed by atoms with Crippen LogP contribution in [0.4, 0.5) is 22.7 Å². The van der Waals surface area contributed by atoms with Crippen molar-refractivity contribution in [2.45, 2.75) is 6.92 Å². The highest BCUT2D eigenvalue weighted by Crippen LogP contribution is 2.22. The van der Waals surface area contributed by atoms with Crippen molar-refractivity contribution in [1.82, 2.24) is 0 Å². The van der Waals surface area contributed by atoms with Gasteiger partial charge in [0.05, 0.1) is 17.9 Å². The first-order chi connectivity index (χ1) is 18.1. The van der Waals surface area contributed by atoms with Crippen LogP contribution in [0.1, 0.15) is 27.6 Å². The summed E-state index contributed by atoms with van der Waals surface area (Å²) in [4.78, 5) is 25.9. The largest absolute Gasteiger partial charge is 0.491 e.